The smallest absolute Gasteiger partial charge is 0.156 e. The summed E-state index contributed by atoms with van der Waals surface area (Å²) < 4.78 is 7.43. The van der Waals surface area contributed by atoms with Crippen molar-refractivity contribution in [1.82, 2.24) is 0 Å². The first kappa shape index (κ1) is 16.9. The van der Waals surface area contributed by atoms with Crippen molar-refractivity contribution in [1.29, 1.82) is 0 Å². The summed E-state index contributed by atoms with van der Waals surface area (Å²) in [5, 5.41) is 4.66. The van der Waals surface area contributed by atoms with Crippen LogP contribution in [0.1, 0.15) is 12.5 Å². The van der Waals surface area contributed by atoms with Crippen LogP contribution < -0.4 is 10.1 Å². The number of rotatable bonds is 5. The first-order valence-electron chi connectivity index (χ1n) is 6.31. The predicted octanol–water partition coefficient (Wildman–Crippen LogP) is 6.53. The summed E-state index contributed by atoms with van der Waals surface area (Å²) in [5.74, 6) is 0.745. The SMILES string of the molecule is CCOc1c(Br)cc(Cl)cc1NCc1ccc(Br)cc1Cl. The van der Waals surface area contributed by atoms with Gasteiger partial charge in [0.2, 0.25) is 0 Å². The Balaban J connectivity index is 2.22. The normalized spacial score (nSPS) is 10.5. The Morgan fingerprint density at radius 2 is 1.90 bits per heavy atom. The molecule has 0 fully saturated rings. The molecule has 0 spiro atoms. The Hall–Kier alpha value is -0.420. The van der Waals surface area contributed by atoms with E-state index in [0.717, 1.165) is 25.9 Å². The molecule has 0 heterocycles. The van der Waals surface area contributed by atoms with Crippen LogP contribution in [0.15, 0.2) is 39.3 Å². The lowest BCUT2D eigenvalue weighted by Crippen LogP contribution is -2.04. The van der Waals surface area contributed by atoms with Gasteiger partial charge in [0.1, 0.15) is 0 Å². The molecule has 0 amide bonds. The van der Waals surface area contributed by atoms with Crippen LogP contribution in [0, 0.1) is 0 Å². The lowest BCUT2D eigenvalue weighted by molar-refractivity contribution is 0.339. The predicted molar refractivity (Wildman–Crippen MR) is 96.8 cm³/mol. The zero-order valence-corrected chi connectivity index (χ0v) is 15.9. The maximum Gasteiger partial charge on any atom is 0.156 e. The van der Waals surface area contributed by atoms with E-state index in [1.807, 2.05) is 37.3 Å². The van der Waals surface area contributed by atoms with Gasteiger partial charge in [-0.2, -0.15) is 0 Å². The molecule has 0 unspecified atom stereocenters. The molecule has 21 heavy (non-hydrogen) atoms. The zero-order valence-electron chi connectivity index (χ0n) is 11.2. The number of benzene rings is 2. The highest BCUT2D eigenvalue weighted by molar-refractivity contribution is 9.10. The molecule has 0 aliphatic carbocycles. The van der Waals surface area contributed by atoms with Crippen molar-refractivity contribution in [3.8, 4) is 5.75 Å². The Morgan fingerprint density at radius 1 is 1.14 bits per heavy atom. The topological polar surface area (TPSA) is 21.3 Å². The molecule has 0 aliphatic rings. The fourth-order valence-electron chi connectivity index (χ4n) is 1.84. The first-order chi connectivity index (χ1) is 10.0. The van der Waals surface area contributed by atoms with Crippen LogP contribution in [-0.2, 0) is 6.54 Å². The molecule has 0 aliphatic heterocycles. The summed E-state index contributed by atoms with van der Waals surface area (Å²) in [6, 6.07) is 9.45. The van der Waals surface area contributed by atoms with E-state index >= 15 is 0 Å². The maximum atomic E-state index is 6.22. The highest BCUT2D eigenvalue weighted by Gasteiger charge is 2.10. The van der Waals surface area contributed by atoms with Crippen molar-refractivity contribution in [3.05, 3.63) is 54.9 Å². The average molecular weight is 454 g/mol. The minimum Gasteiger partial charge on any atom is -0.491 e. The van der Waals surface area contributed by atoms with E-state index in [0.29, 0.717) is 23.2 Å². The molecule has 2 rings (SSSR count). The number of nitrogens with one attached hydrogen (secondary N) is 1. The van der Waals surface area contributed by atoms with Crippen molar-refractivity contribution in [2.45, 2.75) is 13.5 Å². The number of halogens is 4. The van der Waals surface area contributed by atoms with Crippen molar-refractivity contribution >= 4 is 60.7 Å². The van der Waals surface area contributed by atoms with Gasteiger partial charge in [0.25, 0.3) is 0 Å². The van der Waals surface area contributed by atoms with Gasteiger partial charge in [-0.1, -0.05) is 45.2 Å². The first-order valence-corrected chi connectivity index (χ1v) is 8.65. The summed E-state index contributed by atoms with van der Waals surface area (Å²) in [6.07, 6.45) is 0. The molecule has 0 saturated carbocycles. The molecular weight excluding hydrogens is 441 g/mol. The number of anilines is 1. The standard InChI is InChI=1S/C15H13Br2Cl2NO/c1-2-21-15-12(17)6-11(18)7-14(15)20-8-9-3-4-10(16)5-13(9)19/h3-7,20H,2,8H2,1H3. The molecule has 2 aromatic rings. The van der Waals surface area contributed by atoms with Crippen molar-refractivity contribution in [2.24, 2.45) is 0 Å². The minimum atomic E-state index is 0.577. The van der Waals surface area contributed by atoms with Gasteiger partial charge in [0.05, 0.1) is 16.8 Å². The highest BCUT2D eigenvalue weighted by atomic mass is 79.9. The monoisotopic (exact) mass is 451 g/mol. The molecular formula is C15H13Br2Cl2NO. The second kappa shape index (κ2) is 7.73. The third kappa shape index (κ3) is 4.52. The molecule has 112 valence electrons. The van der Waals surface area contributed by atoms with Gasteiger partial charge in [0, 0.05) is 21.1 Å². The quantitative estimate of drug-likeness (QED) is 0.555. The van der Waals surface area contributed by atoms with Crippen LogP contribution in [0.2, 0.25) is 10.0 Å². The van der Waals surface area contributed by atoms with Crippen molar-refractivity contribution in [2.75, 3.05) is 11.9 Å². The fourth-order valence-corrected chi connectivity index (χ4v) is 3.50. The second-order valence-corrected chi connectivity index (χ2v) is 6.90. The van der Waals surface area contributed by atoms with Crippen LogP contribution in [-0.4, -0.2) is 6.61 Å². The van der Waals surface area contributed by atoms with Crippen molar-refractivity contribution < 1.29 is 4.74 Å². The van der Waals surface area contributed by atoms with Gasteiger partial charge in [-0.05, 0) is 52.7 Å². The Labute approximate surface area is 151 Å². The summed E-state index contributed by atoms with van der Waals surface area (Å²) in [6.45, 7) is 3.10. The van der Waals surface area contributed by atoms with E-state index in [4.69, 9.17) is 27.9 Å². The van der Waals surface area contributed by atoms with Crippen LogP contribution in [0.25, 0.3) is 0 Å². The molecule has 0 saturated heterocycles. The van der Waals surface area contributed by atoms with E-state index in [1.54, 1.807) is 0 Å². The third-order valence-electron chi connectivity index (χ3n) is 2.78. The second-order valence-electron chi connectivity index (χ2n) is 4.29. The minimum absolute atomic E-state index is 0.577. The van der Waals surface area contributed by atoms with Crippen molar-refractivity contribution in [3.63, 3.8) is 0 Å². The lowest BCUT2D eigenvalue weighted by Gasteiger charge is -2.15. The van der Waals surface area contributed by atoms with E-state index in [9.17, 15) is 0 Å². The van der Waals surface area contributed by atoms with Crippen LogP contribution in [0.4, 0.5) is 5.69 Å². The molecule has 0 bridgehead atoms. The van der Waals surface area contributed by atoms with Gasteiger partial charge in [-0.3, -0.25) is 0 Å². The molecule has 2 nitrogen and oxygen atoms in total. The zero-order chi connectivity index (χ0) is 15.4. The average Bonchev–Trinajstić information content (AvgIpc) is 2.41. The number of hydrogen-bond acceptors (Lipinski definition) is 2. The summed E-state index contributed by atoms with van der Waals surface area (Å²) >= 11 is 19.2. The fraction of sp³-hybridized carbons (Fsp3) is 0.200. The lowest BCUT2D eigenvalue weighted by atomic mass is 10.2. The van der Waals surface area contributed by atoms with Gasteiger partial charge < -0.3 is 10.1 Å². The Kier molecular flexibility index (Phi) is 6.23. The Morgan fingerprint density at radius 3 is 2.57 bits per heavy atom. The molecule has 0 atom stereocenters. The van der Waals surface area contributed by atoms with E-state index in [-0.39, 0.29) is 0 Å². The molecule has 2 aromatic carbocycles. The van der Waals surface area contributed by atoms with E-state index in [1.165, 1.54) is 0 Å². The molecule has 0 aromatic heterocycles. The van der Waals surface area contributed by atoms with Crippen LogP contribution in [0.5, 0.6) is 5.75 Å². The number of ether oxygens (including phenoxy) is 1. The molecule has 1 N–H and O–H groups in total. The Bertz CT molecular complexity index is 650. The van der Waals surface area contributed by atoms with E-state index in [2.05, 4.69) is 37.2 Å². The summed E-state index contributed by atoms with van der Waals surface area (Å²) in [5.41, 5.74) is 1.83. The van der Waals surface area contributed by atoms with Gasteiger partial charge in [-0.25, -0.2) is 0 Å². The largest absolute Gasteiger partial charge is 0.491 e. The summed E-state index contributed by atoms with van der Waals surface area (Å²) in [4.78, 5) is 0. The highest BCUT2D eigenvalue weighted by Crippen LogP contribution is 2.37. The van der Waals surface area contributed by atoms with Crippen LogP contribution in [0.3, 0.4) is 0 Å². The third-order valence-corrected chi connectivity index (χ3v) is 4.43. The number of hydrogen-bond donors (Lipinski definition) is 1. The van der Waals surface area contributed by atoms with Gasteiger partial charge >= 0.3 is 0 Å². The van der Waals surface area contributed by atoms with Gasteiger partial charge in [0.15, 0.2) is 5.75 Å². The molecule has 0 radical (unpaired) electrons. The molecule has 6 heteroatoms. The van der Waals surface area contributed by atoms with Crippen LogP contribution >= 0.6 is 55.1 Å². The van der Waals surface area contributed by atoms with E-state index < -0.39 is 0 Å². The summed E-state index contributed by atoms with van der Waals surface area (Å²) in [7, 11) is 0. The van der Waals surface area contributed by atoms with Gasteiger partial charge in [-0.15, -0.1) is 0 Å². The maximum absolute atomic E-state index is 6.22.